The number of carbonyl (C=O) groups is 2. The van der Waals surface area contributed by atoms with Crippen LogP contribution in [0.2, 0.25) is 0 Å². The summed E-state index contributed by atoms with van der Waals surface area (Å²) in [6.45, 7) is 4.16. The van der Waals surface area contributed by atoms with Gasteiger partial charge in [0.05, 0.1) is 5.71 Å². The maximum absolute atomic E-state index is 12.5. The molecule has 2 aromatic carbocycles. The van der Waals surface area contributed by atoms with Crippen molar-refractivity contribution in [3.63, 3.8) is 0 Å². The molecule has 3 rings (SSSR count). The molecule has 0 aliphatic heterocycles. The van der Waals surface area contributed by atoms with E-state index in [2.05, 4.69) is 15.8 Å². The summed E-state index contributed by atoms with van der Waals surface area (Å²) < 4.78 is 1.45. The first kappa shape index (κ1) is 25.4. The van der Waals surface area contributed by atoms with E-state index in [0.29, 0.717) is 36.3 Å². The van der Waals surface area contributed by atoms with Gasteiger partial charge in [-0.3, -0.25) is 14.4 Å². The second-order valence-corrected chi connectivity index (χ2v) is 8.39. The van der Waals surface area contributed by atoms with E-state index < -0.39 is 0 Å². The van der Waals surface area contributed by atoms with Crippen molar-refractivity contribution in [2.45, 2.75) is 26.2 Å². The van der Waals surface area contributed by atoms with E-state index >= 15 is 0 Å². The summed E-state index contributed by atoms with van der Waals surface area (Å²) in [5.41, 5.74) is 4.60. The molecule has 35 heavy (non-hydrogen) atoms. The standard InChI is InChI=1S/C27H30N4O4/c1-18-6-4-5-7-23(18)24(16-25(30-35)22-12-13-26(33)31(3)17-22)20-8-10-21(11-9-20)27(34)29-15-14-28-19(2)32/h4-13,17,24,35H,14-16H2,1-3H3,(H,28,32)(H,29,34)/b30-25-. The molecule has 0 spiro atoms. The van der Waals surface area contributed by atoms with E-state index in [-0.39, 0.29) is 23.3 Å². The van der Waals surface area contributed by atoms with Crippen LogP contribution < -0.4 is 16.2 Å². The van der Waals surface area contributed by atoms with Gasteiger partial charge in [0, 0.05) is 62.8 Å². The van der Waals surface area contributed by atoms with Crippen molar-refractivity contribution < 1.29 is 14.8 Å². The van der Waals surface area contributed by atoms with Crippen molar-refractivity contribution >= 4 is 17.5 Å². The first-order valence-electron chi connectivity index (χ1n) is 11.4. The van der Waals surface area contributed by atoms with E-state index in [9.17, 15) is 19.6 Å². The Kier molecular flexibility index (Phi) is 8.56. The number of nitrogens with one attached hydrogen (secondary N) is 2. The molecule has 0 radical (unpaired) electrons. The SMILES string of the molecule is CC(=O)NCCNC(=O)c1ccc(C(C/C(=N/O)c2ccc(=O)n(C)c2)c2ccccc2C)cc1. The highest BCUT2D eigenvalue weighted by Crippen LogP contribution is 2.32. The van der Waals surface area contributed by atoms with Crippen LogP contribution in [0, 0.1) is 6.92 Å². The quantitative estimate of drug-likeness (QED) is 0.192. The van der Waals surface area contributed by atoms with Crippen molar-refractivity contribution in [2.75, 3.05) is 13.1 Å². The molecule has 1 atom stereocenters. The van der Waals surface area contributed by atoms with Gasteiger partial charge in [-0.2, -0.15) is 0 Å². The molecule has 0 aliphatic rings. The Morgan fingerprint density at radius 1 is 0.971 bits per heavy atom. The number of benzene rings is 2. The normalized spacial score (nSPS) is 12.1. The smallest absolute Gasteiger partial charge is 0.251 e. The number of oxime groups is 1. The fourth-order valence-corrected chi connectivity index (χ4v) is 3.94. The lowest BCUT2D eigenvalue weighted by Crippen LogP contribution is -2.33. The summed E-state index contributed by atoms with van der Waals surface area (Å²) >= 11 is 0. The summed E-state index contributed by atoms with van der Waals surface area (Å²) in [6, 6.07) is 18.4. The zero-order chi connectivity index (χ0) is 25.4. The summed E-state index contributed by atoms with van der Waals surface area (Å²) in [5.74, 6) is -0.511. The number of nitrogens with zero attached hydrogens (tertiary/aromatic N) is 2. The van der Waals surface area contributed by atoms with E-state index in [1.165, 1.54) is 17.6 Å². The molecule has 182 valence electrons. The van der Waals surface area contributed by atoms with Crippen LogP contribution in [-0.4, -0.2) is 40.4 Å². The lowest BCUT2D eigenvalue weighted by molar-refractivity contribution is -0.118. The van der Waals surface area contributed by atoms with Crippen LogP contribution in [-0.2, 0) is 11.8 Å². The molecule has 0 aliphatic carbocycles. The van der Waals surface area contributed by atoms with Crippen LogP contribution in [0.3, 0.4) is 0 Å². The van der Waals surface area contributed by atoms with Gasteiger partial charge in [0.2, 0.25) is 11.5 Å². The zero-order valence-corrected chi connectivity index (χ0v) is 20.1. The van der Waals surface area contributed by atoms with Gasteiger partial charge in [0.1, 0.15) is 0 Å². The third-order valence-electron chi connectivity index (χ3n) is 5.86. The van der Waals surface area contributed by atoms with Gasteiger partial charge < -0.3 is 20.4 Å². The number of aromatic nitrogens is 1. The molecule has 0 saturated carbocycles. The summed E-state index contributed by atoms with van der Waals surface area (Å²) in [4.78, 5) is 35.2. The van der Waals surface area contributed by atoms with Crippen LogP contribution in [0.15, 0.2) is 76.8 Å². The Morgan fingerprint density at radius 3 is 2.26 bits per heavy atom. The molecule has 3 aromatic rings. The van der Waals surface area contributed by atoms with E-state index in [0.717, 1.165) is 16.7 Å². The van der Waals surface area contributed by atoms with E-state index in [4.69, 9.17) is 0 Å². The summed E-state index contributed by atoms with van der Waals surface area (Å²) in [5, 5.41) is 18.8. The Morgan fingerprint density at radius 2 is 1.63 bits per heavy atom. The third-order valence-corrected chi connectivity index (χ3v) is 5.86. The fourth-order valence-electron chi connectivity index (χ4n) is 3.94. The van der Waals surface area contributed by atoms with Gasteiger partial charge in [-0.05, 0) is 41.8 Å². The largest absolute Gasteiger partial charge is 0.411 e. The average molecular weight is 475 g/mol. The number of aryl methyl sites for hydroxylation is 2. The Balaban J connectivity index is 1.87. The van der Waals surface area contributed by atoms with Crippen molar-refractivity contribution in [3.05, 3.63) is 105 Å². The van der Waals surface area contributed by atoms with E-state index in [1.54, 1.807) is 31.4 Å². The van der Waals surface area contributed by atoms with Crippen molar-refractivity contribution in [1.29, 1.82) is 0 Å². The average Bonchev–Trinajstić information content (AvgIpc) is 2.85. The molecule has 0 saturated heterocycles. The Bertz CT molecular complexity index is 1280. The molecule has 3 N–H and O–H groups in total. The van der Waals surface area contributed by atoms with Gasteiger partial charge in [-0.25, -0.2) is 0 Å². The summed E-state index contributed by atoms with van der Waals surface area (Å²) in [7, 11) is 1.65. The second kappa shape index (κ2) is 11.8. The van der Waals surface area contributed by atoms with Crippen LogP contribution in [0.5, 0.6) is 0 Å². The van der Waals surface area contributed by atoms with Gasteiger partial charge >= 0.3 is 0 Å². The van der Waals surface area contributed by atoms with Crippen molar-refractivity contribution in [3.8, 4) is 0 Å². The minimum Gasteiger partial charge on any atom is -0.411 e. The number of carbonyl (C=O) groups excluding carboxylic acids is 2. The predicted molar refractivity (Wildman–Crippen MR) is 135 cm³/mol. The fraction of sp³-hybridized carbons (Fsp3) is 0.259. The zero-order valence-electron chi connectivity index (χ0n) is 20.1. The van der Waals surface area contributed by atoms with Crippen molar-refractivity contribution in [1.82, 2.24) is 15.2 Å². The Hall–Kier alpha value is -4.20. The van der Waals surface area contributed by atoms with Crippen LogP contribution in [0.4, 0.5) is 0 Å². The number of amides is 2. The monoisotopic (exact) mass is 474 g/mol. The highest BCUT2D eigenvalue weighted by molar-refractivity contribution is 6.00. The molecule has 0 fully saturated rings. The topological polar surface area (TPSA) is 113 Å². The molecule has 1 unspecified atom stereocenters. The maximum atomic E-state index is 12.5. The van der Waals surface area contributed by atoms with Crippen LogP contribution in [0.25, 0.3) is 0 Å². The lowest BCUT2D eigenvalue weighted by atomic mass is 9.83. The van der Waals surface area contributed by atoms with E-state index in [1.807, 2.05) is 43.3 Å². The van der Waals surface area contributed by atoms with Crippen molar-refractivity contribution in [2.24, 2.45) is 12.2 Å². The second-order valence-electron chi connectivity index (χ2n) is 8.39. The highest BCUT2D eigenvalue weighted by atomic mass is 16.4. The molecule has 8 nitrogen and oxygen atoms in total. The number of rotatable bonds is 9. The van der Waals surface area contributed by atoms with Crippen LogP contribution >= 0.6 is 0 Å². The van der Waals surface area contributed by atoms with Gasteiger partial charge in [-0.15, -0.1) is 0 Å². The first-order chi connectivity index (χ1) is 16.8. The third kappa shape index (κ3) is 6.66. The number of hydrogen-bond donors (Lipinski definition) is 3. The molecule has 0 bridgehead atoms. The molecular weight excluding hydrogens is 444 g/mol. The number of pyridine rings is 1. The predicted octanol–water partition coefficient (Wildman–Crippen LogP) is 2.96. The van der Waals surface area contributed by atoms with Crippen LogP contribution in [0.1, 0.15) is 51.9 Å². The van der Waals surface area contributed by atoms with Gasteiger partial charge in [0.15, 0.2) is 0 Å². The number of hydrogen-bond acceptors (Lipinski definition) is 5. The van der Waals surface area contributed by atoms with Gasteiger partial charge in [0.25, 0.3) is 5.91 Å². The molecular formula is C27H30N4O4. The lowest BCUT2D eigenvalue weighted by Gasteiger charge is -2.21. The first-order valence-corrected chi connectivity index (χ1v) is 11.4. The molecule has 2 amide bonds. The maximum Gasteiger partial charge on any atom is 0.251 e. The molecule has 8 heteroatoms. The minimum atomic E-state index is -0.225. The molecule has 1 aromatic heterocycles. The summed E-state index contributed by atoms with van der Waals surface area (Å²) in [6.07, 6.45) is 2.04. The van der Waals surface area contributed by atoms with Gasteiger partial charge in [-0.1, -0.05) is 41.6 Å². The minimum absolute atomic E-state index is 0.142. The highest BCUT2D eigenvalue weighted by Gasteiger charge is 2.21. The molecule has 1 heterocycles. The Labute approximate surface area is 204 Å².